The molecule has 202 valence electrons. The number of sulfonamides is 1. The molecule has 5 heterocycles. The third kappa shape index (κ3) is 5.77. The molecule has 0 aromatic carbocycles. The maximum Gasteiger partial charge on any atom is 0.244 e. The van der Waals surface area contributed by atoms with Crippen molar-refractivity contribution >= 4 is 15.8 Å². The van der Waals surface area contributed by atoms with Crippen molar-refractivity contribution in [2.45, 2.75) is 89.1 Å². The highest BCUT2D eigenvalue weighted by atomic mass is 32.2. The zero-order valence-corrected chi connectivity index (χ0v) is 23.5. The first-order chi connectivity index (χ1) is 17.1. The van der Waals surface area contributed by atoms with E-state index in [1.165, 1.54) is 25.8 Å². The van der Waals surface area contributed by atoms with Crippen molar-refractivity contribution in [2.75, 3.05) is 57.3 Å². The number of ether oxygens (including phenoxy) is 1. The highest BCUT2D eigenvalue weighted by molar-refractivity contribution is 7.89. The molecule has 1 aromatic rings. The second-order valence-corrected chi connectivity index (χ2v) is 15.0. The highest BCUT2D eigenvalue weighted by Crippen LogP contribution is 2.42. The Bertz CT molecular complexity index is 971. The molecule has 0 bridgehead atoms. The minimum Gasteiger partial charge on any atom is -0.375 e. The van der Waals surface area contributed by atoms with Crippen LogP contribution in [0.25, 0.3) is 0 Å². The summed E-state index contributed by atoms with van der Waals surface area (Å²) in [6.07, 6.45) is 11.5. The normalized spacial score (nSPS) is 25.6. The molecule has 4 saturated heterocycles. The number of rotatable bonds is 5. The van der Waals surface area contributed by atoms with Gasteiger partial charge in [-0.3, -0.25) is 0 Å². The molecular weight excluding hydrogens is 472 g/mol. The number of pyridine rings is 1. The summed E-state index contributed by atoms with van der Waals surface area (Å²) in [5.74, 6) is 0.873. The van der Waals surface area contributed by atoms with Gasteiger partial charge in [-0.1, -0.05) is 20.8 Å². The van der Waals surface area contributed by atoms with Crippen LogP contribution in [0.2, 0.25) is 0 Å². The molecule has 0 amide bonds. The van der Waals surface area contributed by atoms with Crippen molar-refractivity contribution < 1.29 is 13.2 Å². The van der Waals surface area contributed by atoms with Gasteiger partial charge >= 0.3 is 0 Å². The fraction of sp³-hybridized carbons (Fsp3) is 0.821. The standard InChI is InChI=1S/C28H46N4O3S/c1-26(2,3)8-15-30-16-9-27(10-17-30)11-20-32(21-12-27)36(33,34)24-5-6-25(29-23-24)31-18-13-28(14-19-31)7-4-22-35-28/h5-6,23H,4,7-22H2,1-3H3. The second kappa shape index (κ2) is 10.2. The number of piperidine rings is 3. The Kier molecular flexibility index (Phi) is 7.45. The topological polar surface area (TPSA) is 66.0 Å². The largest absolute Gasteiger partial charge is 0.375 e. The molecule has 0 radical (unpaired) electrons. The SMILES string of the molecule is CC(C)(C)CCN1CCC2(CC1)CCN(S(=O)(=O)c1ccc(N3CCC4(CCCO4)CC3)nc1)CC2. The van der Waals surface area contributed by atoms with Crippen molar-refractivity contribution in [2.24, 2.45) is 10.8 Å². The van der Waals surface area contributed by atoms with Gasteiger partial charge in [0.05, 0.1) is 5.60 Å². The first-order valence-corrected chi connectivity index (χ1v) is 15.6. The molecule has 36 heavy (non-hydrogen) atoms. The Labute approximate surface area is 218 Å². The minimum absolute atomic E-state index is 0.0778. The van der Waals surface area contributed by atoms with E-state index >= 15 is 0 Å². The number of aromatic nitrogens is 1. The predicted molar refractivity (Wildman–Crippen MR) is 144 cm³/mol. The van der Waals surface area contributed by atoms with E-state index in [1.54, 1.807) is 16.6 Å². The maximum absolute atomic E-state index is 13.4. The van der Waals surface area contributed by atoms with Gasteiger partial charge in [-0.25, -0.2) is 13.4 Å². The Balaban J connectivity index is 1.13. The van der Waals surface area contributed by atoms with Crippen LogP contribution < -0.4 is 4.90 Å². The van der Waals surface area contributed by atoms with Crippen molar-refractivity contribution in [3.05, 3.63) is 18.3 Å². The summed E-state index contributed by atoms with van der Waals surface area (Å²) >= 11 is 0. The van der Waals surface area contributed by atoms with E-state index in [9.17, 15) is 8.42 Å². The van der Waals surface area contributed by atoms with Crippen LogP contribution in [0.4, 0.5) is 5.82 Å². The van der Waals surface area contributed by atoms with Gasteiger partial charge in [0.15, 0.2) is 0 Å². The van der Waals surface area contributed by atoms with Gasteiger partial charge in [-0.05, 0) is 100 Å². The lowest BCUT2D eigenvalue weighted by molar-refractivity contribution is -0.0147. The summed E-state index contributed by atoms with van der Waals surface area (Å²) in [5, 5.41) is 0. The lowest BCUT2D eigenvalue weighted by atomic mass is 9.71. The van der Waals surface area contributed by atoms with E-state index in [-0.39, 0.29) is 5.60 Å². The summed E-state index contributed by atoms with van der Waals surface area (Å²) in [4.78, 5) is 9.78. The van der Waals surface area contributed by atoms with Gasteiger partial charge in [0.25, 0.3) is 0 Å². The molecular formula is C28H46N4O3S. The number of nitrogens with zero attached hydrogens (tertiary/aromatic N) is 4. The van der Waals surface area contributed by atoms with Gasteiger partial charge in [0.2, 0.25) is 10.0 Å². The maximum atomic E-state index is 13.4. The van der Waals surface area contributed by atoms with E-state index in [1.807, 2.05) is 6.07 Å². The van der Waals surface area contributed by atoms with Crippen molar-refractivity contribution in [3.8, 4) is 0 Å². The molecule has 0 atom stereocenters. The predicted octanol–water partition coefficient (Wildman–Crippen LogP) is 4.53. The molecule has 7 nitrogen and oxygen atoms in total. The van der Waals surface area contributed by atoms with Gasteiger partial charge < -0.3 is 14.5 Å². The van der Waals surface area contributed by atoms with E-state index in [4.69, 9.17) is 4.74 Å². The Morgan fingerprint density at radius 3 is 2.14 bits per heavy atom. The van der Waals surface area contributed by atoms with Crippen LogP contribution in [0.15, 0.2) is 23.2 Å². The molecule has 1 aromatic heterocycles. The number of hydrogen-bond donors (Lipinski definition) is 0. The summed E-state index contributed by atoms with van der Waals surface area (Å²) in [5.41, 5.74) is 0.776. The highest BCUT2D eigenvalue weighted by Gasteiger charge is 2.41. The second-order valence-electron chi connectivity index (χ2n) is 13.0. The summed E-state index contributed by atoms with van der Waals surface area (Å²) in [7, 11) is -3.50. The van der Waals surface area contributed by atoms with Gasteiger partial charge in [0, 0.05) is 39.0 Å². The van der Waals surface area contributed by atoms with Crippen LogP contribution in [0.1, 0.15) is 78.6 Å². The van der Waals surface area contributed by atoms with E-state index in [0.29, 0.717) is 28.8 Å². The van der Waals surface area contributed by atoms with E-state index < -0.39 is 10.0 Å². The zero-order valence-electron chi connectivity index (χ0n) is 22.7. The number of hydrogen-bond acceptors (Lipinski definition) is 6. The van der Waals surface area contributed by atoms with Crippen LogP contribution >= 0.6 is 0 Å². The zero-order chi connectivity index (χ0) is 25.4. The summed E-state index contributed by atoms with van der Waals surface area (Å²) in [6, 6.07) is 3.64. The fourth-order valence-electron chi connectivity index (χ4n) is 6.60. The number of anilines is 1. The van der Waals surface area contributed by atoms with Crippen LogP contribution in [0.3, 0.4) is 0 Å². The van der Waals surface area contributed by atoms with Crippen molar-refractivity contribution in [3.63, 3.8) is 0 Å². The average molecular weight is 519 g/mol. The average Bonchev–Trinajstić information content (AvgIpc) is 3.32. The third-order valence-corrected chi connectivity index (χ3v) is 11.3. The molecule has 0 saturated carbocycles. The lowest BCUT2D eigenvalue weighted by Gasteiger charge is -2.46. The summed E-state index contributed by atoms with van der Waals surface area (Å²) in [6.45, 7) is 14.4. The van der Waals surface area contributed by atoms with Crippen LogP contribution in [0, 0.1) is 10.8 Å². The third-order valence-electron chi connectivity index (χ3n) is 9.42. The lowest BCUT2D eigenvalue weighted by Crippen LogP contribution is -2.48. The number of likely N-dealkylation sites (tertiary alicyclic amines) is 1. The fourth-order valence-corrected chi connectivity index (χ4v) is 7.99. The van der Waals surface area contributed by atoms with Gasteiger partial charge in [-0.2, -0.15) is 4.31 Å². The van der Waals surface area contributed by atoms with E-state index in [0.717, 1.165) is 77.1 Å². The van der Waals surface area contributed by atoms with Gasteiger partial charge in [0.1, 0.15) is 10.7 Å². The molecule has 0 N–H and O–H groups in total. The minimum atomic E-state index is -3.50. The molecule has 8 heteroatoms. The molecule has 2 spiro atoms. The molecule has 5 rings (SSSR count). The van der Waals surface area contributed by atoms with E-state index in [2.05, 4.69) is 35.6 Å². The first kappa shape index (κ1) is 26.4. The Morgan fingerprint density at radius 2 is 1.58 bits per heavy atom. The molecule has 0 aliphatic carbocycles. The molecule has 4 aliphatic rings. The van der Waals surface area contributed by atoms with Crippen LogP contribution in [-0.4, -0.2) is 80.6 Å². The quantitative estimate of drug-likeness (QED) is 0.571. The van der Waals surface area contributed by atoms with Crippen LogP contribution in [0.5, 0.6) is 0 Å². The monoisotopic (exact) mass is 518 g/mol. The molecule has 0 unspecified atom stereocenters. The molecule has 4 aliphatic heterocycles. The smallest absolute Gasteiger partial charge is 0.244 e. The Hall–Kier alpha value is -1.22. The molecule has 4 fully saturated rings. The van der Waals surface area contributed by atoms with Crippen LogP contribution in [-0.2, 0) is 14.8 Å². The Morgan fingerprint density at radius 1 is 0.917 bits per heavy atom. The van der Waals surface area contributed by atoms with Gasteiger partial charge in [-0.15, -0.1) is 0 Å². The van der Waals surface area contributed by atoms with Crippen molar-refractivity contribution in [1.29, 1.82) is 0 Å². The summed E-state index contributed by atoms with van der Waals surface area (Å²) < 4.78 is 34.5. The first-order valence-electron chi connectivity index (χ1n) is 14.2. The van der Waals surface area contributed by atoms with Crippen molar-refractivity contribution in [1.82, 2.24) is 14.2 Å².